The van der Waals surface area contributed by atoms with Crippen LogP contribution < -0.4 is 11.1 Å². The quantitative estimate of drug-likeness (QED) is 0.490. The first-order valence-corrected chi connectivity index (χ1v) is 4.35. The van der Waals surface area contributed by atoms with E-state index in [2.05, 4.69) is 5.32 Å². The van der Waals surface area contributed by atoms with Crippen molar-refractivity contribution in [3.8, 4) is 0 Å². The lowest BCUT2D eigenvalue weighted by Gasteiger charge is -2.14. The van der Waals surface area contributed by atoms with Crippen molar-refractivity contribution in [2.24, 2.45) is 5.73 Å². The van der Waals surface area contributed by atoms with E-state index in [4.69, 9.17) is 15.9 Å². The summed E-state index contributed by atoms with van der Waals surface area (Å²) in [5, 5.41) is 19.2. The molecule has 0 rings (SSSR count). The van der Waals surface area contributed by atoms with E-state index in [0.717, 1.165) is 0 Å². The Labute approximate surface area is 98.4 Å². The van der Waals surface area contributed by atoms with E-state index >= 15 is 0 Å². The highest BCUT2D eigenvalue weighted by Crippen LogP contribution is 1.98. The third-order valence-electron chi connectivity index (χ3n) is 1.68. The Morgan fingerprint density at radius 2 is 1.81 bits per heavy atom. The van der Waals surface area contributed by atoms with Gasteiger partial charge in [0.25, 0.3) is 0 Å². The highest BCUT2D eigenvalue weighted by molar-refractivity contribution is 5.86. The predicted molar refractivity (Wildman–Crippen MR) is 57.3 cm³/mol. The van der Waals surface area contributed by atoms with Gasteiger partial charge < -0.3 is 21.3 Å². The van der Waals surface area contributed by atoms with Crippen LogP contribution in [-0.4, -0.2) is 40.1 Å². The Morgan fingerprint density at radius 1 is 1.31 bits per heavy atom. The van der Waals surface area contributed by atoms with Crippen LogP contribution in [0.1, 0.15) is 19.8 Å². The van der Waals surface area contributed by atoms with Gasteiger partial charge in [0.2, 0.25) is 5.91 Å². The summed E-state index contributed by atoms with van der Waals surface area (Å²) >= 11 is 0. The molecule has 2 atom stereocenters. The number of amides is 1. The van der Waals surface area contributed by atoms with E-state index in [0.29, 0.717) is 0 Å². The molecule has 0 unspecified atom stereocenters. The maximum Gasteiger partial charge on any atom is 0.326 e. The summed E-state index contributed by atoms with van der Waals surface area (Å²) in [4.78, 5) is 31.9. The monoisotopic (exact) mass is 254 g/mol. The molecule has 0 bridgehead atoms. The zero-order chi connectivity index (χ0) is 12.0. The van der Waals surface area contributed by atoms with E-state index in [-0.39, 0.29) is 25.2 Å². The molecule has 8 heteroatoms. The number of aliphatic carboxylic acids is 2. The molecule has 0 saturated carbocycles. The number of carbonyl (C=O) groups excluding carboxylic acids is 1. The molecule has 7 nitrogen and oxygen atoms in total. The molecule has 0 heterocycles. The number of hydrogen-bond acceptors (Lipinski definition) is 4. The lowest BCUT2D eigenvalue weighted by atomic mass is 10.1. The number of hydrogen-bond donors (Lipinski definition) is 4. The van der Waals surface area contributed by atoms with Crippen LogP contribution in [0.4, 0.5) is 0 Å². The molecule has 1 amide bonds. The van der Waals surface area contributed by atoms with Crippen LogP contribution in [0.2, 0.25) is 0 Å². The molecule has 0 aromatic rings. The molecule has 0 aromatic heterocycles. The van der Waals surface area contributed by atoms with Crippen LogP contribution in [0.3, 0.4) is 0 Å². The van der Waals surface area contributed by atoms with Gasteiger partial charge in [-0.05, 0) is 13.3 Å². The van der Waals surface area contributed by atoms with Gasteiger partial charge in [0.05, 0.1) is 6.04 Å². The average molecular weight is 255 g/mol. The lowest BCUT2D eigenvalue weighted by Crippen LogP contribution is -2.47. The summed E-state index contributed by atoms with van der Waals surface area (Å²) in [5.41, 5.74) is 5.22. The molecule has 0 aliphatic carbocycles. The van der Waals surface area contributed by atoms with Crippen molar-refractivity contribution in [1.82, 2.24) is 5.32 Å². The minimum absolute atomic E-state index is 0. The maximum absolute atomic E-state index is 11.1. The average Bonchev–Trinajstić information content (AvgIpc) is 2.10. The Kier molecular flexibility index (Phi) is 8.41. The fourth-order valence-corrected chi connectivity index (χ4v) is 0.828. The Bertz CT molecular complexity index is 269. The van der Waals surface area contributed by atoms with Crippen LogP contribution in [0.25, 0.3) is 0 Å². The second kappa shape index (κ2) is 7.89. The van der Waals surface area contributed by atoms with Crippen molar-refractivity contribution in [3.63, 3.8) is 0 Å². The molecule has 16 heavy (non-hydrogen) atoms. The van der Waals surface area contributed by atoms with Crippen LogP contribution in [0, 0.1) is 0 Å². The summed E-state index contributed by atoms with van der Waals surface area (Å²) in [6.45, 7) is 1.41. The van der Waals surface area contributed by atoms with Crippen LogP contribution in [0.15, 0.2) is 0 Å². The summed E-state index contributed by atoms with van der Waals surface area (Å²) < 4.78 is 0. The third kappa shape index (κ3) is 7.02. The minimum Gasteiger partial charge on any atom is -0.481 e. The van der Waals surface area contributed by atoms with Gasteiger partial charge in [-0.25, -0.2) is 4.79 Å². The van der Waals surface area contributed by atoms with Crippen LogP contribution in [0.5, 0.6) is 0 Å². The molecule has 0 aliphatic heterocycles. The van der Waals surface area contributed by atoms with E-state index in [9.17, 15) is 14.4 Å². The first-order valence-electron chi connectivity index (χ1n) is 4.35. The van der Waals surface area contributed by atoms with E-state index in [1.54, 1.807) is 0 Å². The van der Waals surface area contributed by atoms with Gasteiger partial charge in [-0.15, -0.1) is 12.4 Å². The number of halogens is 1. The molecule has 0 saturated heterocycles. The molecule has 0 aromatic carbocycles. The molecule has 5 N–H and O–H groups in total. The molecule has 0 aliphatic rings. The fourth-order valence-electron chi connectivity index (χ4n) is 0.828. The van der Waals surface area contributed by atoms with Crippen molar-refractivity contribution >= 4 is 30.3 Å². The number of carboxylic acid groups (broad SMARTS) is 2. The first kappa shape index (κ1) is 17.1. The van der Waals surface area contributed by atoms with Crippen LogP contribution in [-0.2, 0) is 14.4 Å². The fraction of sp³-hybridized carbons (Fsp3) is 0.625. The maximum atomic E-state index is 11.1. The zero-order valence-electron chi connectivity index (χ0n) is 8.67. The topological polar surface area (TPSA) is 130 Å². The number of rotatable bonds is 6. The van der Waals surface area contributed by atoms with Crippen LogP contribution >= 0.6 is 12.4 Å². The van der Waals surface area contributed by atoms with Crippen molar-refractivity contribution in [2.45, 2.75) is 31.8 Å². The van der Waals surface area contributed by atoms with Gasteiger partial charge in [0.15, 0.2) is 0 Å². The highest BCUT2D eigenvalue weighted by atomic mass is 35.5. The molecule has 94 valence electrons. The number of carbonyl (C=O) groups is 3. The second-order valence-corrected chi connectivity index (χ2v) is 3.12. The van der Waals surface area contributed by atoms with Gasteiger partial charge in [0, 0.05) is 6.42 Å². The molecule has 0 spiro atoms. The normalized spacial score (nSPS) is 13.1. The van der Waals surface area contributed by atoms with E-state index in [1.165, 1.54) is 6.92 Å². The Hall–Kier alpha value is -1.34. The van der Waals surface area contributed by atoms with Crippen molar-refractivity contribution < 1.29 is 24.6 Å². The van der Waals surface area contributed by atoms with Crippen molar-refractivity contribution in [2.75, 3.05) is 0 Å². The highest BCUT2D eigenvalue weighted by Gasteiger charge is 2.21. The van der Waals surface area contributed by atoms with Gasteiger partial charge in [-0.3, -0.25) is 9.59 Å². The van der Waals surface area contributed by atoms with Gasteiger partial charge in [0.1, 0.15) is 6.04 Å². The first-order chi connectivity index (χ1) is 6.84. The number of nitrogens with one attached hydrogen (secondary N) is 1. The summed E-state index contributed by atoms with van der Waals surface area (Å²) in [6, 6.07) is -2.03. The SMILES string of the molecule is C[C@H](N)C(=O)N[C@@H](CCC(=O)O)C(=O)O.Cl. The third-order valence-corrected chi connectivity index (χ3v) is 1.68. The lowest BCUT2D eigenvalue weighted by molar-refractivity contribution is -0.143. The molecular formula is C8H15ClN2O5. The second-order valence-electron chi connectivity index (χ2n) is 3.12. The van der Waals surface area contributed by atoms with Crippen molar-refractivity contribution in [3.05, 3.63) is 0 Å². The molecule has 0 fully saturated rings. The zero-order valence-corrected chi connectivity index (χ0v) is 9.49. The number of nitrogens with two attached hydrogens (primary N) is 1. The van der Waals surface area contributed by atoms with Crippen molar-refractivity contribution in [1.29, 1.82) is 0 Å². The smallest absolute Gasteiger partial charge is 0.326 e. The minimum atomic E-state index is -1.27. The summed E-state index contributed by atoms with van der Waals surface area (Å²) in [7, 11) is 0. The largest absolute Gasteiger partial charge is 0.481 e. The number of carboxylic acids is 2. The van der Waals surface area contributed by atoms with E-state index < -0.39 is 29.9 Å². The Balaban J connectivity index is 0. The predicted octanol–water partition coefficient (Wildman–Crippen LogP) is -0.810. The molecule has 0 radical (unpaired) electrons. The standard InChI is InChI=1S/C8H14N2O5.ClH/c1-4(9)7(13)10-5(8(14)15)2-3-6(11)12;/h4-5H,2-3,9H2,1H3,(H,10,13)(H,11,12)(H,14,15);1H/t4-,5-;/m0./s1. The molecular weight excluding hydrogens is 240 g/mol. The van der Waals surface area contributed by atoms with E-state index in [1.807, 2.05) is 0 Å². The van der Waals surface area contributed by atoms with Gasteiger partial charge >= 0.3 is 11.9 Å². The Morgan fingerprint density at radius 3 is 2.12 bits per heavy atom. The summed E-state index contributed by atoms with van der Waals surface area (Å²) in [6.07, 6.45) is -0.487. The van der Waals surface area contributed by atoms with Gasteiger partial charge in [-0.2, -0.15) is 0 Å². The van der Waals surface area contributed by atoms with Gasteiger partial charge in [-0.1, -0.05) is 0 Å². The summed E-state index contributed by atoms with van der Waals surface area (Å²) in [5.74, 6) is -3.01.